The molecule has 0 spiro atoms. The summed E-state index contributed by atoms with van der Waals surface area (Å²) in [6, 6.07) is 0. The van der Waals surface area contributed by atoms with Crippen LogP contribution in [0.25, 0.3) is 0 Å². The topological polar surface area (TPSA) is 25.4 Å². The SMILES string of the molecule is COc1c(C)cnc(CN(CCBr)CC(F)F)c1C. The van der Waals surface area contributed by atoms with E-state index in [-0.39, 0.29) is 6.54 Å². The molecule has 0 aliphatic heterocycles. The molecular formula is C13H19BrF2N2O. The lowest BCUT2D eigenvalue weighted by Crippen LogP contribution is -2.31. The lowest BCUT2D eigenvalue weighted by Gasteiger charge is -2.22. The van der Waals surface area contributed by atoms with Crippen LogP contribution in [-0.2, 0) is 6.54 Å². The third-order valence-corrected chi connectivity index (χ3v) is 3.27. The number of rotatable bonds is 7. The van der Waals surface area contributed by atoms with Crippen molar-refractivity contribution in [3.05, 3.63) is 23.0 Å². The second kappa shape index (κ2) is 7.75. The highest BCUT2D eigenvalue weighted by atomic mass is 79.9. The first-order chi connectivity index (χ1) is 8.99. The number of aryl methyl sites for hydroxylation is 1. The van der Waals surface area contributed by atoms with Crippen LogP contribution < -0.4 is 4.74 Å². The fraction of sp³-hybridized carbons (Fsp3) is 0.615. The van der Waals surface area contributed by atoms with Crippen molar-refractivity contribution in [1.82, 2.24) is 9.88 Å². The van der Waals surface area contributed by atoms with Crippen LogP contribution in [0.4, 0.5) is 8.78 Å². The zero-order chi connectivity index (χ0) is 14.4. The van der Waals surface area contributed by atoms with Gasteiger partial charge in [-0.1, -0.05) is 15.9 Å². The van der Waals surface area contributed by atoms with Gasteiger partial charge in [-0.15, -0.1) is 0 Å². The van der Waals surface area contributed by atoms with Crippen LogP contribution in [0.15, 0.2) is 6.20 Å². The molecule has 0 aliphatic carbocycles. The Morgan fingerprint density at radius 1 is 1.42 bits per heavy atom. The summed E-state index contributed by atoms with van der Waals surface area (Å²) in [6.45, 7) is 4.53. The standard InChI is InChI=1S/C13H19BrF2N2O/c1-9-6-17-11(10(2)13(9)19-3)7-18(5-4-14)8-12(15)16/h6,12H,4-5,7-8H2,1-3H3. The normalized spacial score (nSPS) is 11.4. The van der Waals surface area contributed by atoms with Gasteiger partial charge in [-0.3, -0.25) is 9.88 Å². The minimum Gasteiger partial charge on any atom is -0.496 e. The maximum absolute atomic E-state index is 12.5. The number of nitrogens with zero attached hydrogens (tertiary/aromatic N) is 2. The molecule has 0 unspecified atom stereocenters. The molecule has 0 amide bonds. The molecule has 0 N–H and O–H groups in total. The van der Waals surface area contributed by atoms with Crippen molar-refractivity contribution in [2.75, 3.05) is 25.5 Å². The minimum atomic E-state index is -2.34. The number of hydrogen-bond donors (Lipinski definition) is 0. The fourth-order valence-corrected chi connectivity index (χ4v) is 2.49. The Morgan fingerprint density at radius 2 is 2.11 bits per heavy atom. The highest BCUT2D eigenvalue weighted by Gasteiger charge is 2.16. The Hall–Kier alpha value is -0.750. The van der Waals surface area contributed by atoms with Crippen molar-refractivity contribution >= 4 is 15.9 Å². The van der Waals surface area contributed by atoms with Gasteiger partial charge in [-0.25, -0.2) is 8.78 Å². The Kier molecular flexibility index (Phi) is 6.65. The third kappa shape index (κ3) is 4.69. The van der Waals surface area contributed by atoms with Crippen LogP contribution in [0.1, 0.15) is 16.8 Å². The van der Waals surface area contributed by atoms with E-state index in [9.17, 15) is 8.78 Å². The van der Waals surface area contributed by atoms with Gasteiger partial charge in [0.15, 0.2) is 0 Å². The summed E-state index contributed by atoms with van der Waals surface area (Å²) in [5, 5.41) is 0.655. The Morgan fingerprint density at radius 3 is 2.63 bits per heavy atom. The maximum atomic E-state index is 12.5. The van der Waals surface area contributed by atoms with Gasteiger partial charge in [-0.2, -0.15) is 0 Å². The van der Waals surface area contributed by atoms with Crippen LogP contribution in [-0.4, -0.2) is 41.8 Å². The maximum Gasteiger partial charge on any atom is 0.251 e. The summed E-state index contributed by atoms with van der Waals surface area (Å²) in [5.41, 5.74) is 2.64. The highest BCUT2D eigenvalue weighted by Crippen LogP contribution is 2.24. The summed E-state index contributed by atoms with van der Waals surface area (Å²) < 4.78 is 30.4. The average Bonchev–Trinajstić information content (AvgIpc) is 2.33. The van der Waals surface area contributed by atoms with E-state index in [0.717, 1.165) is 22.6 Å². The summed E-state index contributed by atoms with van der Waals surface area (Å²) in [6.07, 6.45) is -0.623. The third-order valence-electron chi connectivity index (χ3n) is 2.92. The number of pyridine rings is 1. The summed E-state index contributed by atoms with van der Waals surface area (Å²) in [4.78, 5) is 6.02. The summed E-state index contributed by atoms with van der Waals surface area (Å²) in [7, 11) is 1.61. The second-order valence-corrected chi connectivity index (χ2v) is 5.15. The molecule has 0 radical (unpaired) electrons. The molecule has 1 rings (SSSR count). The number of aromatic nitrogens is 1. The minimum absolute atomic E-state index is 0.247. The molecule has 108 valence electrons. The van der Waals surface area contributed by atoms with Crippen LogP contribution in [0, 0.1) is 13.8 Å². The second-order valence-electron chi connectivity index (χ2n) is 4.36. The molecule has 3 nitrogen and oxygen atoms in total. The fourth-order valence-electron chi connectivity index (χ4n) is 1.99. The van der Waals surface area contributed by atoms with Gasteiger partial charge >= 0.3 is 0 Å². The largest absolute Gasteiger partial charge is 0.496 e. The molecule has 0 fully saturated rings. The predicted octanol–water partition coefficient (Wildman–Crippen LogP) is 3.17. The Labute approximate surface area is 121 Å². The Balaban J connectivity index is 2.90. The quantitative estimate of drug-likeness (QED) is 0.715. The van der Waals surface area contributed by atoms with E-state index in [4.69, 9.17) is 4.74 Å². The van der Waals surface area contributed by atoms with Gasteiger partial charge in [0, 0.05) is 35.7 Å². The van der Waals surface area contributed by atoms with Crippen LogP contribution in [0.3, 0.4) is 0 Å². The average molecular weight is 337 g/mol. The van der Waals surface area contributed by atoms with E-state index in [1.807, 2.05) is 13.8 Å². The molecule has 0 saturated carbocycles. The monoisotopic (exact) mass is 336 g/mol. The number of hydrogen-bond acceptors (Lipinski definition) is 3. The van der Waals surface area contributed by atoms with Crippen molar-refractivity contribution in [1.29, 1.82) is 0 Å². The van der Waals surface area contributed by atoms with Crippen LogP contribution in [0.5, 0.6) is 5.75 Å². The number of methoxy groups -OCH3 is 1. The first-order valence-corrected chi connectivity index (χ1v) is 7.17. The molecule has 1 heterocycles. The molecule has 0 saturated heterocycles. The van der Waals surface area contributed by atoms with E-state index >= 15 is 0 Å². The molecule has 1 aromatic heterocycles. The van der Waals surface area contributed by atoms with Crippen LogP contribution in [0.2, 0.25) is 0 Å². The van der Waals surface area contributed by atoms with E-state index in [2.05, 4.69) is 20.9 Å². The summed E-state index contributed by atoms with van der Waals surface area (Å²) in [5.74, 6) is 0.779. The number of ether oxygens (including phenoxy) is 1. The van der Waals surface area contributed by atoms with Gasteiger partial charge in [0.25, 0.3) is 6.43 Å². The molecule has 0 atom stereocenters. The lowest BCUT2D eigenvalue weighted by atomic mass is 10.1. The van der Waals surface area contributed by atoms with Gasteiger partial charge < -0.3 is 4.74 Å². The first kappa shape index (κ1) is 16.3. The molecule has 1 aromatic rings. The summed E-state index contributed by atoms with van der Waals surface area (Å²) >= 11 is 3.28. The van der Waals surface area contributed by atoms with Crippen molar-refractivity contribution in [2.45, 2.75) is 26.8 Å². The van der Waals surface area contributed by atoms with E-state index in [0.29, 0.717) is 18.4 Å². The zero-order valence-electron chi connectivity index (χ0n) is 11.4. The van der Waals surface area contributed by atoms with Gasteiger partial charge in [0.1, 0.15) is 5.75 Å². The van der Waals surface area contributed by atoms with Crippen molar-refractivity contribution in [2.24, 2.45) is 0 Å². The lowest BCUT2D eigenvalue weighted by molar-refractivity contribution is 0.0874. The van der Waals surface area contributed by atoms with Gasteiger partial charge in [-0.05, 0) is 13.8 Å². The van der Waals surface area contributed by atoms with Gasteiger partial charge in [0.2, 0.25) is 0 Å². The number of alkyl halides is 3. The first-order valence-electron chi connectivity index (χ1n) is 6.05. The van der Waals surface area contributed by atoms with E-state index in [1.165, 1.54) is 0 Å². The van der Waals surface area contributed by atoms with Gasteiger partial charge in [0.05, 0.1) is 19.3 Å². The molecule has 6 heteroatoms. The van der Waals surface area contributed by atoms with Crippen molar-refractivity contribution in [3.8, 4) is 5.75 Å². The van der Waals surface area contributed by atoms with E-state index in [1.54, 1.807) is 18.2 Å². The number of halogens is 3. The van der Waals surface area contributed by atoms with E-state index < -0.39 is 6.43 Å². The van der Waals surface area contributed by atoms with Crippen molar-refractivity contribution < 1.29 is 13.5 Å². The Bertz CT molecular complexity index is 416. The zero-order valence-corrected chi connectivity index (χ0v) is 13.0. The molecule has 0 aliphatic rings. The van der Waals surface area contributed by atoms with Crippen molar-refractivity contribution in [3.63, 3.8) is 0 Å². The molecule has 0 bridgehead atoms. The highest BCUT2D eigenvalue weighted by molar-refractivity contribution is 9.09. The molecule has 19 heavy (non-hydrogen) atoms. The molecule has 0 aromatic carbocycles. The smallest absolute Gasteiger partial charge is 0.251 e. The molecular weight excluding hydrogens is 318 g/mol. The van der Waals surface area contributed by atoms with Crippen LogP contribution >= 0.6 is 15.9 Å². The predicted molar refractivity (Wildman–Crippen MR) is 75.3 cm³/mol.